The van der Waals surface area contributed by atoms with Crippen molar-refractivity contribution < 1.29 is 18.7 Å². The molecule has 1 fully saturated rings. The highest BCUT2D eigenvalue weighted by molar-refractivity contribution is 5.96. The van der Waals surface area contributed by atoms with Gasteiger partial charge in [-0.05, 0) is 30.9 Å². The first-order chi connectivity index (χ1) is 12.1. The lowest BCUT2D eigenvalue weighted by Gasteiger charge is -2.30. The minimum Gasteiger partial charge on any atom is -0.453 e. The maximum atomic E-state index is 12.3. The van der Waals surface area contributed by atoms with Crippen molar-refractivity contribution in [2.24, 2.45) is 5.92 Å². The summed E-state index contributed by atoms with van der Waals surface area (Å²) in [5.41, 5.74) is -0.179. The molecule has 2 amide bonds. The Hall–Kier alpha value is -2.83. The van der Waals surface area contributed by atoms with E-state index in [4.69, 9.17) is 9.15 Å². The van der Waals surface area contributed by atoms with Crippen LogP contribution in [0, 0.1) is 5.92 Å². The predicted octanol–water partition coefficient (Wildman–Crippen LogP) is 2.00. The van der Waals surface area contributed by atoms with Crippen LogP contribution >= 0.6 is 0 Å². The molecule has 1 saturated heterocycles. The molecule has 0 atom stereocenters. The lowest BCUT2D eigenvalue weighted by molar-refractivity contribution is 0.0911. The van der Waals surface area contributed by atoms with Gasteiger partial charge in [0.15, 0.2) is 0 Å². The topological polar surface area (TPSA) is 88.8 Å². The number of carbonyl (C=O) groups is 2. The van der Waals surface area contributed by atoms with Crippen LogP contribution in [0.2, 0.25) is 0 Å². The summed E-state index contributed by atoms with van der Waals surface area (Å²) in [6, 6.07) is 8.62. The molecule has 132 valence electrons. The Morgan fingerprint density at radius 2 is 2.00 bits per heavy atom. The van der Waals surface area contributed by atoms with Crippen molar-refractivity contribution in [2.75, 3.05) is 26.7 Å². The number of amides is 2. The van der Waals surface area contributed by atoms with Crippen molar-refractivity contribution in [2.45, 2.75) is 12.8 Å². The molecule has 7 nitrogen and oxygen atoms in total. The van der Waals surface area contributed by atoms with Gasteiger partial charge >= 0.3 is 11.7 Å². The Labute approximate surface area is 144 Å². The fourth-order valence-electron chi connectivity index (χ4n) is 3.00. The average Bonchev–Trinajstić information content (AvgIpc) is 2.65. The van der Waals surface area contributed by atoms with Gasteiger partial charge in [0.1, 0.15) is 11.1 Å². The number of para-hydroxylation sites is 1. The van der Waals surface area contributed by atoms with Gasteiger partial charge in [-0.2, -0.15) is 0 Å². The van der Waals surface area contributed by atoms with Crippen molar-refractivity contribution in [3.63, 3.8) is 0 Å². The molecule has 0 bridgehead atoms. The molecule has 0 unspecified atom stereocenters. The Morgan fingerprint density at radius 3 is 2.72 bits per heavy atom. The Bertz CT molecular complexity index is 837. The third-order valence-electron chi connectivity index (χ3n) is 4.48. The summed E-state index contributed by atoms with van der Waals surface area (Å²) in [5, 5.41) is 3.51. The minimum atomic E-state index is -0.642. The van der Waals surface area contributed by atoms with Crippen molar-refractivity contribution in [3.05, 3.63) is 46.3 Å². The molecule has 1 aromatic carbocycles. The lowest BCUT2D eigenvalue weighted by Crippen LogP contribution is -2.41. The van der Waals surface area contributed by atoms with Gasteiger partial charge in [0.05, 0.1) is 7.11 Å². The number of rotatable bonds is 3. The third-order valence-corrected chi connectivity index (χ3v) is 4.48. The first kappa shape index (κ1) is 17.0. The second-order valence-corrected chi connectivity index (χ2v) is 6.10. The van der Waals surface area contributed by atoms with Crippen molar-refractivity contribution in [1.82, 2.24) is 10.2 Å². The lowest BCUT2D eigenvalue weighted by atomic mass is 9.97. The van der Waals surface area contributed by atoms with Crippen molar-refractivity contribution >= 4 is 23.0 Å². The summed E-state index contributed by atoms with van der Waals surface area (Å²) in [7, 11) is 1.36. The minimum absolute atomic E-state index is 0.00527. The molecule has 0 aliphatic carbocycles. The number of benzene rings is 1. The highest BCUT2D eigenvalue weighted by Gasteiger charge is 2.24. The maximum Gasteiger partial charge on any atom is 0.409 e. The van der Waals surface area contributed by atoms with Gasteiger partial charge in [-0.3, -0.25) is 4.79 Å². The molecule has 2 heterocycles. The van der Waals surface area contributed by atoms with Crippen molar-refractivity contribution in [1.29, 1.82) is 0 Å². The van der Waals surface area contributed by atoms with Gasteiger partial charge in [0, 0.05) is 25.0 Å². The number of piperidine rings is 1. The molecule has 3 rings (SSSR count). The van der Waals surface area contributed by atoms with Crippen LogP contribution in [0.1, 0.15) is 23.2 Å². The van der Waals surface area contributed by atoms with Crippen LogP contribution in [-0.4, -0.2) is 43.6 Å². The highest BCUT2D eigenvalue weighted by atomic mass is 16.5. The predicted molar refractivity (Wildman–Crippen MR) is 91.5 cm³/mol. The van der Waals surface area contributed by atoms with E-state index >= 15 is 0 Å². The molecule has 1 aliphatic rings. The van der Waals surface area contributed by atoms with Gasteiger partial charge < -0.3 is 19.4 Å². The van der Waals surface area contributed by atoms with E-state index in [9.17, 15) is 14.4 Å². The second-order valence-electron chi connectivity index (χ2n) is 6.10. The van der Waals surface area contributed by atoms with E-state index < -0.39 is 11.5 Å². The fourth-order valence-corrected chi connectivity index (χ4v) is 3.00. The zero-order valence-corrected chi connectivity index (χ0v) is 14.0. The number of hydrogen-bond donors (Lipinski definition) is 1. The van der Waals surface area contributed by atoms with Crippen LogP contribution in [0.3, 0.4) is 0 Å². The summed E-state index contributed by atoms with van der Waals surface area (Å²) >= 11 is 0. The standard InChI is InChI=1S/C18H20N2O5/c1-24-18(23)20-8-6-12(7-9-20)11-19-16(21)14-10-13-4-2-3-5-15(13)25-17(14)22/h2-5,10,12H,6-9,11H2,1H3,(H,19,21). The Balaban J connectivity index is 1.59. The zero-order chi connectivity index (χ0) is 17.8. The molecule has 2 aromatic rings. The van der Waals surface area contributed by atoms with Gasteiger partial charge in [0.25, 0.3) is 5.91 Å². The summed E-state index contributed by atoms with van der Waals surface area (Å²) in [4.78, 5) is 37.4. The number of carbonyl (C=O) groups excluding carboxylic acids is 2. The molecular weight excluding hydrogens is 324 g/mol. The van der Waals surface area contributed by atoms with E-state index in [1.165, 1.54) is 7.11 Å². The molecule has 1 aromatic heterocycles. The fraction of sp³-hybridized carbons (Fsp3) is 0.389. The largest absolute Gasteiger partial charge is 0.453 e. The number of ether oxygens (including phenoxy) is 1. The monoisotopic (exact) mass is 344 g/mol. The van der Waals surface area contributed by atoms with Crippen LogP contribution in [0.5, 0.6) is 0 Å². The van der Waals surface area contributed by atoms with E-state index in [2.05, 4.69) is 5.32 Å². The molecule has 0 radical (unpaired) electrons. The molecular formula is C18H20N2O5. The highest BCUT2D eigenvalue weighted by Crippen LogP contribution is 2.17. The zero-order valence-electron chi connectivity index (χ0n) is 14.0. The van der Waals surface area contributed by atoms with Crippen LogP contribution < -0.4 is 10.9 Å². The molecule has 1 N–H and O–H groups in total. The normalized spacial score (nSPS) is 15.2. The SMILES string of the molecule is COC(=O)N1CCC(CNC(=O)c2cc3ccccc3oc2=O)CC1. The molecule has 0 spiro atoms. The quantitative estimate of drug-likeness (QED) is 0.860. The van der Waals surface area contributed by atoms with Crippen LogP contribution in [0.15, 0.2) is 39.5 Å². The number of fused-ring (bicyclic) bond motifs is 1. The van der Waals surface area contributed by atoms with Crippen molar-refractivity contribution in [3.8, 4) is 0 Å². The number of nitrogens with one attached hydrogen (secondary N) is 1. The van der Waals surface area contributed by atoms with Gasteiger partial charge in [-0.1, -0.05) is 18.2 Å². The van der Waals surface area contributed by atoms with Crippen LogP contribution in [0.25, 0.3) is 11.0 Å². The van der Waals surface area contributed by atoms with Crippen LogP contribution in [-0.2, 0) is 4.74 Å². The molecule has 1 aliphatic heterocycles. The van der Waals surface area contributed by atoms with E-state index in [1.807, 2.05) is 6.07 Å². The number of methoxy groups -OCH3 is 1. The first-order valence-electron chi connectivity index (χ1n) is 8.22. The molecule has 25 heavy (non-hydrogen) atoms. The number of likely N-dealkylation sites (tertiary alicyclic amines) is 1. The van der Waals surface area contributed by atoms with E-state index in [0.717, 1.165) is 12.8 Å². The summed E-state index contributed by atoms with van der Waals surface area (Å²) in [6.45, 7) is 1.66. The Morgan fingerprint density at radius 1 is 1.28 bits per heavy atom. The van der Waals surface area contributed by atoms with E-state index in [1.54, 1.807) is 29.2 Å². The van der Waals surface area contributed by atoms with Gasteiger partial charge in [0.2, 0.25) is 0 Å². The summed E-state index contributed by atoms with van der Waals surface area (Å²) < 4.78 is 9.89. The first-order valence-corrected chi connectivity index (χ1v) is 8.22. The molecule has 0 saturated carbocycles. The molecule has 7 heteroatoms. The summed E-state index contributed by atoms with van der Waals surface area (Å²) in [6.07, 6.45) is 1.24. The van der Waals surface area contributed by atoms with E-state index in [0.29, 0.717) is 30.6 Å². The van der Waals surface area contributed by atoms with E-state index in [-0.39, 0.29) is 17.6 Å². The third kappa shape index (κ3) is 3.81. The number of hydrogen-bond acceptors (Lipinski definition) is 5. The second kappa shape index (κ2) is 7.38. The van der Waals surface area contributed by atoms with Crippen LogP contribution in [0.4, 0.5) is 4.79 Å². The van der Waals surface area contributed by atoms with Gasteiger partial charge in [-0.15, -0.1) is 0 Å². The number of nitrogens with zero attached hydrogens (tertiary/aromatic N) is 1. The maximum absolute atomic E-state index is 12.3. The summed E-state index contributed by atoms with van der Waals surface area (Å²) in [5.74, 6) is -0.174. The Kier molecular flexibility index (Phi) is 5.02. The van der Waals surface area contributed by atoms with Gasteiger partial charge in [-0.25, -0.2) is 9.59 Å². The smallest absolute Gasteiger partial charge is 0.409 e. The average molecular weight is 344 g/mol.